The molecule has 0 radical (unpaired) electrons. The maximum absolute atomic E-state index is 13.3. The van der Waals surface area contributed by atoms with E-state index in [1.165, 1.54) is 18.4 Å². The maximum Gasteiger partial charge on any atom is 0.433 e. The quantitative estimate of drug-likeness (QED) is 0.412. The summed E-state index contributed by atoms with van der Waals surface area (Å²) in [5.41, 5.74) is -4.46. The van der Waals surface area contributed by atoms with Crippen LogP contribution in [0.2, 0.25) is 0 Å². The number of halogens is 6. The fourth-order valence-corrected chi connectivity index (χ4v) is 4.29. The van der Waals surface area contributed by atoms with Crippen LogP contribution in [0.3, 0.4) is 0 Å². The molecule has 0 bridgehead atoms. The van der Waals surface area contributed by atoms with Gasteiger partial charge in [-0.25, -0.2) is 13.7 Å². The highest BCUT2D eigenvalue weighted by Crippen LogP contribution is 2.35. The average molecular weight is 509 g/mol. The molecule has 0 aliphatic carbocycles. The number of rotatable bonds is 2. The first-order valence-electron chi connectivity index (χ1n) is 8.77. The molecule has 0 aliphatic heterocycles. The van der Waals surface area contributed by atoms with Crippen molar-refractivity contribution in [3.63, 3.8) is 0 Å². The monoisotopic (exact) mass is 509 g/mol. The van der Waals surface area contributed by atoms with Gasteiger partial charge >= 0.3 is 12.4 Å². The van der Waals surface area contributed by atoms with Gasteiger partial charge < -0.3 is 0 Å². The van der Waals surface area contributed by atoms with Crippen LogP contribution in [0.4, 0.5) is 26.3 Å². The van der Waals surface area contributed by atoms with Gasteiger partial charge in [0, 0.05) is 11.2 Å². The van der Waals surface area contributed by atoms with Gasteiger partial charge in [0.2, 0.25) is 5.11 Å². The zero-order valence-corrected chi connectivity index (χ0v) is 18.3. The number of aryl methyl sites for hydroxylation is 1. The summed E-state index contributed by atoms with van der Waals surface area (Å²) < 4.78 is 95.7. The third-order valence-electron chi connectivity index (χ3n) is 4.23. The average Bonchev–Trinajstić information content (AvgIpc) is 3.09. The maximum atomic E-state index is 13.3. The summed E-state index contributed by atoms with van der Waals surface area (Å²) in [4.78, 5) is 15.9. The minimum atomic E-state index is -5.22. The fourth-order valence-electron chi connectivity index (χ4n) is 2.66. The molecule has 1 aromatic carbocycles. The summed E-state index contributed by atoms with van der Waals surface area (Å²) in [5, 5.41) is 4.77. The van der Waals surface area contributed by atoms with Crippen LogP contribution in [0.25, 0.3) is 5.65 Å². The van der Waals surface area contributed by atoms with Crippen molar-refractivity contribution < 1.29 is 35.3 Å². The van der Waals surface area contributed by atoms with E-state index in [0.717, 1.165) is 5.56 Å². The molecule has 0 saturated carbocycles. The molecule has 0 aliphatic rings. The Labute approximate surface area is 188 Å². The van der Waals surface area contributed by atoms with Gasteiger partial charge in [-0.1, -0.05) is 17.7 Å². The topological polar surface area (TPSA) is 88.7 Å². The summed E-state index contributed by atoms with van der Waals surface area (Å²) in [6.45, 7) is 1.81. The van der Waals surface area contributed by atoms with Gasteiger partial charge in [0.25, 0.3) is 5.91 Å². The van der Waals surface area contributed by atoms with Crippen molar-refractivity contribution in [3.8, 4) is 0 Å². The highest BCUT2D eigenvalue weighted by Gasteiger charge is 2.41. The Kier molecular flexibility index (Phi) is 6.23. The molecular weight excluding hydrogens is 496 g/mol. The fraction of sp³-hybridized carbons (Fsp3) is 0.222. The lowest BCUT2D eigenvalue weighted by molar-refractivity contribution is -0.148. The van der Waals surface area contributed by atoms with Crippen LogP contribution in [-0.4, -0.2) is 36.1 Å². The number of hydrogen-bond donors (Lipinski definition) is 1. The Bertz CT molecular complexity index is 1370. The lowest BCUT2D eigenvalue weighted by atomic mass is 10.2. The van der Waals surface area contributed by atoms with Crippen LogP contribution < -0.4 is 5.32 Å². The van der Waals surface area contributed by atoms with E-state index in [9.17, 15) is 35.3 Å². The Morgan fingerprint density at radius 1 is 1.12 bits per heavy atom. The highest BCUT2D eigenvalue weighted by atomic mass is 32.2. The van der Waals surface area contributed by atoms with Crippen LogP contribution >= 0.6 is 12.2 Å². The summed E-state index contributed by atoms with van der Waals surface area (Å²) in [6, 6.07) is 6.22. The van der Waals surface area contributed by atoms with Crippen molar-refractivity contribution in [2.75, 3.05) is 6.26 Å². The molecule has 0 saturated heterocycles. The van der Waals surface area contributed by atoms with E-state index >= 15 is 0 Å². The zero-order valence-electron chi connectivity index (χ0n) is 16.7. The van der Waals surface area contributed by atoms with E-state index in [0.29, 0.717) is 11.1 Å². The van der Waals surface area contributed by atoms with Crippen molar-refractivity contribution >= 4 is 38.6 Å². The Balaban J connectivity index is 2.00. The Morgan fingerprint density at radius 2 is 1.73 bits per heavy atom. The van der Waals surface area contributed by atoms with Crippen LogP contribution in [0.15, 0.2) is 45.8 Å². The summed E-state index contributed by atoms with van der Waals surface area (Å²) in [6.07, 6.45) is -8.57. The number of alkyl halides is 6. The van der Waals surface area contributed by atoms with Gasteiger partial charge in [0.1, 0.15) is 11.3 Å². The zero-order chi connectivity index (χ0) is 24.8. The molecule has 33 heavy (non-hydrogen) atoms. The molecule has 2 aromatic heterocycles. The SMILES string of the molecule is Cc1ccc([S@@](C)(=O)=NC(=S)NC(=O)c2cnn3c(C(F)(F)F)cc(C(F)(F)F)nc23)cc1. The molecule has 0 fully saturated rings. The molecule has 2 heterocycles. The summed E-state index contributed by atoms with van der Waals surface area (Å²) in [5.74, 6) is -1.22. The molecule has 15 heteroatoms. The van der Waals surface area contributed by atoms with Crippen molar-refractivity contribution in [2.45, 2.75) is 24.2 Å². The third-order valence-corrected chi connectivity index (χ3v) is 6.22. The molecule has 3 rings (SSSR count). The van der Waals surface area contributed by atoms with Crippen molar-refractivity contribution in [1.82, 2.24) is 19.9 Å². The molecule has 0 spiro atoms. The molecule has 1 N–H and O–H groups in total. The van der Waals surface area contributed by atoms with E-state index < -0.39 is 55.7 Å². The van der Waals surface area contributed by atoms with Gasteiger partial charge in [-0.3, -0.25) is 10.1 Å². The lowest BCUT2D eigenvalue weighted by Crippen LogP contribution is -2.28. The second kappa shape index (κ2) is 8.37. The van der Waals surface area contributed by atoms with Crippen LogP contribution in [0.1, 0.15) is 27.3 Å². The van der Waals surface area contributed by atoms with E-state index in [1.54, 1.807) is 12.1 Å². The van der Waals surface area contributed by atoms with E-state index in [1.807, 2.05) is 12.2 Å². The number of carbonyl (C=O) groups excluding carboxylic acids is 1. The smallest absolute Gasteiger partial charge is 0.296 e. The van der Waals surface area contributed by atoms with Gasteiger partial charge in [0.05, 0.1) is 15.9 Å². The first-order valence-corrected chi connectivity index (χ1v) is 11.1. The van der Waals surface area contributed by atoms with Gasteiger partial charge in [0.15, 0.2) is 11.3 Å². The highest BCUT2D eigenvalue weighted by molar-refractivity contribution is 7.94. The molecule has 176 valence electrons. The van der Waals surface area contributed by atoms with E-state index in [-0.39, 0.29) is 10.6 Å². The van der Waals surface area contributed by atoms with Crippen LogP contribution in [0.5, 0.6) is 0 Å². The number of aromatic nitrogens is 3. The summed E-state index contributed by atoms with van der Waals surface area (Å²) >= 11 is 4.89. The van der Waals surface area contributed by atoms with Gasteiger partial charge in [-0.2, -0.15) is 35.8 Å². The van der Waals surface area contributed by atoms with Crippen molar-refractivity contribution in [2.24, 2.45) is 4.36 Å². The second-order valence-electron chi connectivity index (χ2n) is 6.78. The number of amides is 1. The second-order valence-corrected chi connectivity index (χ2v) is 9.43. The lowest BCUT2D eigenvalue weighted by Gasteiger charge is -2.13. The minimum Gasteiger partial charge on any atom is -0.296 e. The first-order chi connectivity index (χ1) is 15.1. The standard InChI is InChI=1S/C18H13F6N5O2S2/c1-9-3-5-10(6-4-9)33(2,31)28-16(32)27-15(30)11-8-25-29-13(18(22,23)24)7-12(17(19,20)21)26-14(11)29/h3-8H,1-2H3,(H,27,30,32)/t33-/m1/s1. The van der Waals surface area contributed by atoms with E-state index in [2.05, 4.69) is 14.4 Å². The number of thiocarbonyl (C=S) groups is 1. The first kappa shape index (κ1) is 24.6. The van der Waals surface area contributed by atoms with Crippen molar-refractivity contribution in [3.05, 3.63) is 59.0 Å². The molecule has 1 amide bonds. The minimum absolute atomic E-state index is 0.0691. The predicted octanol–water partition coefficient (Wildman–Crippen LogP) is 4.25. The molecule has 3 aromatic rings. The van der Waals surface area contributed by atoms with Crippen molar-refractivity contribution in [1.29, 1.82) is 0 Å². The molecule has 1 atom stereocenters. The number of nitrogens with one attached hydrogen (secondary N) is 1. The predicted molar refractivity (Wildman–Crippen MR) is 109 cm³/mol. The summed E-state index contributed by atoms with van der Waals surface area (Å²) in [7, 11) is -3.10. The Hall–Kier alpha value is -3.07. The molecular formula is C18H13F6N5O2S2. The molecule has 7 nitrogen and oxygen atoms in total. The van der Waals surface area contributed by atoms with Gasteiger partial charge in [-0.05, 0) is 37.3 Å². The number of hydrogen-bond acceptors (Lipinski definition) is 5. The van der Waals surface area contributed by atoms with Gasteiger partial charge in [-0.15, -0.1) is 0 Å². The number of carbonyl (C=O) groups is 1. The number of nitrogens with zero attached hydrogens (tertiary/aromatic N) is 4. The Morgan fingerprint density at radius 3 is 2.27 bits per heavy atom. The van der Waals surface area contributed by atoms with Crippen LogP contribution in [-0.2, 0) is 22.1 Å². The van der Waals surface area contributed by atoms with Crippen LogP contribution in [0, 0.1) is 6.92 Å². The largest absolute Gasteiger partial charge is 0.433 e. The number of fused-ring (bicyclic) bond motifs is 1. The normalized spacial score (nSPS) is 14.1. The third kappa shape index (κ3) is 5.30. The number of benzene rings is 1. The molecule has 0 unspecified atom stereocenters. The van der Waals surface area contributed by atoms with E-state index in [4.69, 9.17) is 12.2 Å².